The number of anilines is 1. The molecule has 0 bridgehead atoms. The van der Waals surface area contributed by atoms with E-state index < -0.39 is 7.26 Å². The van der Waals surface area contributed by atoms with Crippen LogP contribution in [0.1, 0.15) is 45.1 Å². The Labute approximate surface area is 213 Å². The van der Waals surface area contributed by atoms with Crippen LogP contribution in [0.2, 0.25) is 0 Å². The standard InChI is InChI=1S/C33H39NP/c1-3-5-25-34(26-6-4-2)30-18-16-17-29(27-30)28-35(31-19-10-7-11-20-31,32-21-12-8-13-22-32)33-23-14-9-15-24-33/h7-24,27H,3-6,25-26,28H2,1-2H3/q+1. The minimum absolute atomic E-state index is 1.02. The molecule has 4 aromatic carbocycles. The Kier molecular flexibility index (Phi) is 9.15. The van der Waals surface area contributed by atoms with Crippen LogP contribution in [-0.2, 0) is 6.16 Å². The van der Waals surface area contributed by atoms with Crippen LogP contribution < -0.4 is 20.8 Å². The first-order chi connectivity index (χ1) is 17.3. The predicted octanol–water partition coefficient (Wildman–Crippen LogP) is 7.59. The Hall–Kier alpha value is -2.89. The molecule has 0 heterocycles. The number of rotatable bonds is 12. The molecule has 0 aliphatic carbocycles. The van der Waals surface area contributed by atoms with Crippen LogP contribution in [0.15, 0.2) is 115 Å². The minimum Gasteiger partial charge on any atom is -0.372 e. The summed E-state index contributed by atoms with van der Waals surface area (Å²) < 4.78 is 0. The van der Waals surface area contributed by atoms with E-state index in [0.717, 1.165) is 19.3 Å². The lowest BCUT2D eigenvalue weighted by Gasteiger charge is -2.29. The monoisotopic (exact) mass is 480 g/mol. The van der Waals surface area contributed by atoms with Gasteiger partial charge in [0.25, 0.3) is 0 Å². The van der Waals surface area contributed by atoms with Crippen LogP contribution in [0.3, 0.4) is 0 Å². The zero-order valence-corrected chi connectivity index (χ0v) is 22.2. The fourth-order valence-corrected chi connectivity index (χ4v) is 9.19. The normalized spacial score (nSPS) is 11.4. The maximum absolute atomic E-state index is 2.60. The van der Waals surface area contributed by atoms with E-state index in [9.17, 15) is 0 Å². The van der Waals surface area contributed by atoms with E-state index >= 15 is 0 Å². The van der Waals surface area contributed by atoms with Gasteiger partial charge in [0.15, 0.2) is 0 Å². The van der Waals surface area contributed by atoms with Crippen LogP contribution in [0.25, 0.3) is 0 Å². The maximum Gasteiger partial charge on any atom is 0.116 e. The molecule has 0 unspecified atom stereocenters. The highest BCUT2D eigenvalue weighted by molar-refractivity contribution is 7.95. The maximum atomic E-state index is 2.60. The summed E-state index contributed by atoms with van der Waals surface area (Å²) in [4.78, 5) is 2.60. The second kappa shape index (κ2) is 12.7. The topological polar surface area (TPSA) is 3.24 Å². The van der Waals surface area contributed by atoms with E-state index in [-0.39, 0.29) is 0 Å². The van der Waals surface area contributed by atoms with E-state index in [1.165, 1.54) is 52.8 Å². The smallest absolute Gasteiger partial charge is 0.116 e. The van der Waals surface area contributed by atoms with E-state index in [0.29, 0.717) is 0 Å². The van der Waals surface area contributed by atoms with Gasteiger partial charge in [-0.3, -0.25) is 0 Å². The number of hydrogen-bond acceptors (Lipinski definition) is 1. The summed E-state index contributed by atoms with van der Waals surface area (Å²) in [6.07, 6.45) is 5.96. The second-order valence-electron chi connectivity index (χ2n) is 9.34. The summed E-state index contributed by atoms with van der Waals surface area (Å²) in [5.41, 5.74) is 2.79. The highest BCUT2D eigenvalue weighted by atomic mass is 31.2. The SMILES string of the molecule is CCCCN(CCCC)c1cccc(C[P+](c2ccccc2)(c2ccccc2)c2ccccc2)c1. The molecule has 0 saturated carbocycles. The van der Waals surface area contributed by atoms with Crippen LogP contribution in [0.4, 0.5) is 5.69 Å². The van der Waals surface area contributed by atoms with Crippen molar-refractivity contribution in [3.05, 3.63) is 121 Å². The lowest BCUT2D eigenvalue weighted by Crippen LogP contribution is -2.32. The molecule has 1 nitrogen and oxygen atoms in total. The third-order valence-electron chi connectivity index (χ3n) is 6.85. The van der Waals surface area contributed by atoms with Gasteiger partial charge in [-0.15, -0.1) is 0 Å². The summed E-state index contributed by atoms with van der Waals surface area (Å²) in [6, 6.07) is 43.0. The summed E-state index contributed by atoms with van der Waals surface area (Å²) in [6.45, 7) is 6.84. The van der Waals surface area contributed by atoms with Gasteiger partial charge >= 0.3 is 0 Å². The molecule has 180 valence electrons. The van der Waals surface area contributed by atoms with Gasteiger partial charge in [0.1, 0.15) is 23.2 Å². The quantitative estimate of drug-likeness (QED) is 0.189. The second-order valence-corrected chi connectivity index (χ2v) is 12.8. The summed E-state index contributed by atoms with van der Waals surface area (Å²) in [5, 5.41) is 4.32. The zero-order chi connectivity index (χ0) is 24.3. The zero-order valence-electron chi connectivity index (χ0n) is 21.3. The van der Waals surface area contributed by atoms with E-state index in [2.05, 4.69) is 134 Å². The molecule has 2 heteroatoms. The molecule has 0 aliphatic heterocycles. The predicted molar refractivity (Wildman–Crippen MR) is 157 cm³/mol. The molecular weight excluding hydrogens is 441 g/mol. The van der Waals surface area contributed by atoms with Gasteiger partial charge in [-0.2, -0.15) is 0 Å². The fourth-order valence-electron chi connectivity index (χ4n) is 4.96. The lowest BCUT2D eigenvalue weighted by molar-refractivity contribution is 0.678. The van der Waals surface area contributed by atoms with Crippen molar-refractivity contribution in [2.24, 2.45) is 0 Å². The Bertz CT molecular complexity index is 1040. The van der Waals surface area contributed by atoms with Gasteiger partial charge in [0, 0.05) is 18.8 Å². The van der Waals surface area contributed by atoms with Crippen LogP contribution in [0.5, 0.6) is 0 Å². The Balaban J connectivity index is 1.82. The molecular formula is C33H39NP+. The van der Waals surface area contributed by atoms with Crippen LogP contribution in [0, 0.1) is 0 Å². The van der Waals surface area contributed by atoms with Gasteiger partial charge in [-0.25, -0.2) is 0 Å². The largest absolute Gasteiger partial charge is 0.372 e. The van der Waals surface area contributed by atoms with E-state index in [1.54, 1.807) is 0 Å². The molecule has 0 fully saturated rings. The van der Waals surface area contributed by atoms with Crippen molar-refractivity contribution < 1.29 is 0 Å². The highest BCUT2D eigenvalue weighted by Gasteiger charge is 2.45. The van der Waals surface area contributed by atoms with Crippen LogP contribution in [-0.4, -0.2) is 13.1 Å². The first kappa shape index (κ1) is 25.2. The van der Waals surface area contributed by atoms with Gasteiger partial charge in [0.2, 0.25) is 0 Å². The van der Waals surface area contributed by atoms with Crippen molar-refractivity contribution in [3.63, 3.8) is 0 Å². The third-order valence-corrected chi connectivity index (χ3v) is 11.2. The molecule has 0 amide bonds. The molecule has 0 saturated heterocycles. The molecule has 4 rings (SSSR count). The van der Waals surface area contributed by atoms with Gasteiger partial charge in [0.05, 0.1) is 6.16 Å². The third kappa shape index (κ3) is 6.03. The van der Waals surface area contributed by atoms with Crippen molar-refractivity contribution >= 4 is 28.9 Å². The molecule has 0 atom stereocenters. The van der Waals surface area contributed by atoms with Gasteiger partial charge in [-0.05, 0) is 66.9 Å². The summed E-state index contributed by atoms with van der Waals surface area (Å²) >= 11 is 0. The Morgan fingerprint density at radius 1 is 0.543 bits per heavy atom. The van der Waals surface area contributed by atoms with Crippen molar-refractivity contribution in [1.82, 2.24) is 0 Å². The van der Waals surface area contributed by atoms with Crippen molar-refractivity contribution in [1.29, 1.82) is 0 Å². The molecule has 0 aromatic heterocycles. The fraction of sp³-hybridized carbons (Fsp3) is 0.273. The van der Waals surface area contributed by atoms with Crippen molar-refractivity contribution in [2.75, 3.05) is 18.0 Å². The Morgan fingerprint density at radius 3 is 1.43 bits per heavy atom. The number of unbranched alkanes of at least 4 members (excludes halogenated alkanes) is 2. The lowest BCUT2D eigenvalue weighted by atomic mass is 10.2. The number of benzene rings is 4. The average molecular weight is 481 g/mol. The summed E-state index contributed by atoms with van der Waals surface area (Å²) in [7, 11) is -1.89. The van der Waals surface area contributed by atoms with E-state index in [1.807, 2.05) is 0 Å². The minimum atomic E-state index is -1.89. The molecule has 35 heavy (non-hydrogen) atoms. The number of nitrogens with zero attached hydrogens (tertiary/aromatic N) is 1. The number of hydrogen-bond donors (Lipinski definition) is 0. The Morgan fingerprint density at radius 2 is 1.00 bits per heavy atom. The van der Waals surface area contributed by atoms with Gasteiger partial charge in [-0.1, -0.05) is 93.4 Å². The molecule has 0 spiro atoms. The highest BCUT2D eigenvalue weighted by Crippen LogP contribution is 2.58. The molecule has 0 aliphatic rings. The molecule has 0 radical (unpaired) electrons. The van der Waals surface area contributed by atoms with Crippen LogP contribution >= 0.6 is 7.26 Å². The van der Waals surface area contributed by atoms with Gasteiger partial charge < -0.3 is 4.90 Å². The van der Waals surface area contributed by atoms with Crippen molar-refractivity contribution in [2.45, 2.75) is 45.7 Å². The average Bonchev–Trinajstić information content (AvgIpc) is 2.93. The summed E-state index contributed by atoms with van der Waals surface area (Å²) in [5.74, 6) is 0. The molecule has 0 N–H and O–H groups in total. The van der Waals surface area contributed by atoms with Crippen molar-refractivity contribution in [3.8, 4) is 0 Å². The molecule has 4 aromatic rings. The van der Waals surface area contributed by atoms with E-state index in [4.69, 9.17) is 0 Å². The first-order valence-corrected chi connectivity index (χ1v) is 15.1. The first-order valence-electron chi connectivity index (χ1n) is 13.2.